The molecule has 0 bridgehead atoms. The highest BCUT2D eigenvalue weighted by molar-refractivity contribution is 5.85. The van der Waals surface area contributed by atoms with Crippen LogP contribution >= 0.6 is 12.4 Å². The number of amides is 1. The number of hydrogen-bond acceptors (Lipinski definition) is 5. The third-order valence-corrected chi connectivity index (χ3v) is 4.13. The number of piperidine rings is 1. The average molecular weight is 329 g/mol. The first kappa shape index (κ1) is 16.9. The van der Waals surface area contributed by atoms with E-state index in [4.69, 9.17) is 14.2 Å². The van der Waals surface area contributed by atoms with E-state index in [1.54, 1.807) is 7.11 Å². The summed E-state index contributed by atoms with van der Waals surface area (Å²) in [6.45, 7) is 2.22. The van der Waals surface area contributed by atoms with Crippen LogP contribution < -0.4 is 20.1 Å². The topological polar surface area (TPSA) is 68.8 Å². The van der Waals surface area contributed by atoms with Crippen molar-refractivity contribution in [3.05, 3.63) is 23.8 Å². The minimum Gasteiger partial charge on any atom is -0.454 e. The van der Waals surface area contributed by atoms with Crippen molar-refractivity contribution >= 4 is 18.3 Å². The Hall–Kier alpha value is -1.50. The molecular weight excluding hydrogens is 308 g/mol. The zero-order chi connectivity index (χ0) is 14.7. The number of carbonyl (C=O) groups is 1. The first-order valence-electron chi connectivity index (χ1n) is 7.17. The van der Waals surface area contributed by atoms with Crippen LogP contribution in [0, 0.1) is 0 Å². The summed E-state index contributed by atoms with van der Waals surface area (Å²) in [6.07, 6.45) is 1.36. The van der Waals surface area contributed by atoms with Crippen LogP contribution in [0.2, 0.25) is 0 Å². The zero-order valence-corrected chi connectivity index (χ0v) is 13.3. The number of rotatable bonds is 4. The molecule has 1 aromatic rings. The second kappa shape index (κ2) is 7.17. The lowest BCUT2D eigenvalue weighted by molar-refractivity contribution is -0.146. The van der Waals surface area contributed by atoms with Gasteiger partial charge in [-0.05, 0) is 32.0 Å². The molecule has 1 fully saturated rings. The van der Waals surface area contributed by atoms with Crippen LogP contribution in [-0.4, -0.2) is 38.5 Å². The number of carbonyl (C=O) groups excluding carboxylic acids is 1. The van der Waals surface area contributed by atoms with Crippen molar-refractivity contribution in [2.24, 2.45) is 0 Å². The van der Waals surface area contributed by atoms with E-state index in [9.17, 15) is 4.79 Å². The summed E-state index contributed by atoms with van der Waals surface area (Å²) >= 11 is 0. The van der Waals surface area contributed by atoms with Crippen molar-refractivity contribution in [1.82, 2.24) is 10.6 Å². The van der Waals surface area contributed by atoms with Gasteiger partial charge in [0.15, 0.2) is 11.5 Å². The standard InChI is InChI=1S/C15H20N2O4.ClH/c1-19-15(5-7-16-8-6-15)14(18)17-9-11-3-2-4-12-13(11)21-10-20-12;/h2-4,16H,5-10H2,1H3,(H,17,18);1H. The second-order valence-corrected chi connectivity index (χ2v) is 5.28. The van der Waals surface area contributed by atoms with Crippen molar-refractivity contribution in [2.45, 2.75) is 25.0 Å². The molecule has 22 heavy (non-hydrogen) atoms. The van der Waals surface area contributed by atoms with Crippen LogP contribution in [0.5, 0.6) is 11.5 Å². The lowest BCUT2D eigenvalue weighted by Gasteiger charge is -2.34. The van der Waals surface area contributed by atoms with Gasteiger partial charge in [-0.1, -0.05) is 12.1 Å². The fourth-order valence-corrected chi connectivity index (χ4v) is 2.82. The number of nitrogens with one attached hydrogen (secondary N) is 2. The Morgan fingerprint density at radius 1 is 1.36 bits per heavy atom. The maximum atomic E-state index is 12.5. The van der Waals surface area contributed by atoms with Gasteiger partial charge in [-0.15, -0.1) is 12.4 Å². The van der Waals surface area contributed by atoms with Crippen LogP contribution in [-0.2, 0) is 16.1 Å². The van der Waals surface area contributed by atoms with Gasteiger partial charge in [0, 0.05) is 19.2 Å². The van der Waals surface area contributed by atoms with Crippen LogP contribution in [0.25, 0.3) is 0 Å². The normalized spacial score (nSPS) is 18.4. The van der Waals surface area contributed by atoms with Crippen molar-refractivity contribution in [1.29, 1.82) is 0 Å². The van der Waals surface area contributed by atoms with Crippen LogP contribution in [0.1, 0.15) is 18.4 Å². The molecule has 122 valence electrons. The molecule has 6 nitrogen and oxygen atoms in total. The molecular formula is C15H21ClN2O4. The number of para-hydroxylation sites is 1. The van der Waals surface area contributed by atoms with Gasteiger partial charge in [0.05, 0.1) is 0 Å². The molecule has 0 aromatic heterocycles. The minimum absolute atomic E-state index is 0. The van der Waals surface area contributed by atoms with Gasteiger partial charge in [0.2, 0.25) is 6.79 Å². The van der Waals surface area contributed by atoms with E-state index in [1.165, 1.54) is 0 Å². The number of methoxy groups -OCH3 is 1. The van der Waals surface area contributed by atoms with Gasteiger partial charge in [-0.3, -0.25) is 4.79 Å². The van der Waals surface area contributed by atoms with Crippen molar-refractivity contribution < 1.29 is 19.0 Å². The smallest absolute Gasteiger partial charge is 0.252 e. The molecule has 1 saturated heterocycles. The molecule has 1 amide bonds. The van der Waals surface area contributed by atoms with E-state index >= 15 is 0 Å². The van der Waals surface area contributed by atoms with Gasteiger partial charge < -0.3 is 24.8 Å². The third kappa shape index (κ3) is 3.14. The molecule has 0 unspecified atom stereocenters. The predicted octanol–water partition coefficient (Wildman–Crippen LogP) is 1.22. The van der Waals surface area contributed by atoms with Gasteiger partial charge in [0.1, 0.15) is 5.60 Å². The van der Waals surface area contributed by atoms with Gasteiger partial charge in [0.25, 0.3) is 5.91 Å². The van der Waals surface area contributed by atoms with E-state index in [2.05, 4.69) is 10.6 Å². The van der Waals surface area contributed by atoms with Crippen molar-refractivity contribution in [2.75, 3.05) is 27.0 Å². The van der Waals surface area contributed by atoms with Gasteiger partial charge >= 0.3 is 0 Å². The molecule has 0 radical (unpaired) electrons. The molecule has 0 aliphatic carbocycles. The summed E-state index contributed by atoms with van der Waals surface area (Å²) in [5.74, 6) is 1.38. The van der Waals surface area contributed by atoms with Crippen molar-refractivity contribution in [3.63, 3.8) is 0 Å². The molecule has 0 atom stereocenters. The SMILES string of the molecule is COC1(C(=O)NCc2cccc3c2OCO3)CCNCC1.Cl. The summed E-state index contributed by atoms with van der Waals surface area (Å²) < 4.78 is 16.3. The van der Waals surface area contributed by atoms with Gasteiger partial charge in [-0.2, -0.15) is 0 Å². The summed E-state index contributed by atoms with van der Waals surface area (Å²) in [4.78, 5) is 12.5. The molecule has 0 saturated carbocycles. The largest absolute Gasteiger partial charge is 0.454 e. The predicted molar refractivity (Wildman–Crippen MR) is 83.5 cm³/mol. The summed E-state index contributed by atoms with van der Waals surface area (Å²) in [6, 6.07) is 5.68. The van der Waals surface area contributed by atoms with Crippen LogP contribution in [0.4, 0.5) is 0 Å². The van der Waals surface area contributed by atoms with E-state index in [0.29, 0.717) is 19.4 Å². The highest BCUT2D eigenvalue weighted by atomic mass is 35.5. The Balaban J connectivity index is 0.00000176. The van der Waals surface area contributed by atoms with E-state index in [1.807, 2.05) is 18.2 Å². The fourth-order valence-electron chi connectivity index (χ4n) is 2.82. The monoisotopic (exact) mass is 328 g/mol. The Labute approximate surface area is 135 Å². The summed E-state index contributed by atoms with van der Waals surface area (Å²) in [7, 11) is 1.60. The van der Waals surface area contributed by atoms with Gasteiger partial charge in [-0.25, -0.2) is 0 Å². The molecule has 0 spiro atoms. The van der Waals surface area contributed by atoms with Crippen LogP contribution in [0.3, 0.4) is 0 Å². The van der Waals surface area contributed by atoms with E-state index < -0.39 is 5.60 Å². The zero-order valence-electron chi connectivity index (χ0n) is 12.5. The number of ether oxygens (including phenoxy) is 3. The van der Waals surface area contributed by atoms with E-state index in [0.717, 1.165) is 30.2 Å². The number of halogens is 1. The fraction of sp³-hybridized carbons (Fsp3) is 0.533. The highest BCUT2D eigenvalue weighted by Crippen LogP contribution is 2.35. The van der Waals surface area contributed by atoms with Crippen LogP contribution in [0.15, 0.2) is 18.2 Å². The molecule has 1 aromatic carbocycles. The summed E-state index contributed by atoms with van der Waals surface area (Å²) in [5, 5.41) is 6.20. The Bertz CT molecular complexity index is 532. The summed E-state index contributed by atoms with van der Waals surface area (Å²) in [5.41, 5.74) is 0.194. The molecule has 3 rings (SSSR count). The van der Waals surface area contributed by atoms with Crippen molar-refractivity contribution in [3.8, 4) is 11.5 Å². The number of fused-ring (bicyclic) bond motifs is 1. The minimum atomic E-state index is -0.722. The third-order valence-electron chi connectivity index (χ3n) is 4.13. The maximum Gasteiger partial charge on any atom is 0.252 e. The first-order chi connectivity index (χ1) is 10.2. The second-order valence-electron chi connectivity index (χ2n) is 5.28. The molecule has 7 heteroatoms. The molecule has 2 N–H and O–H groups in total. The number of benzene rings is 1. The van der Waals surface area contributed by atoms with E-state index in [-0.39, 0.29) is 25.1 Å². The maximum absolute atomic E-state index is 12.5. The lowest BCUT2D eigenvalue weighted by atomic mass is 9.91. The molecule has 2 aliphatic rings. The average Bonchev–Trinajstić information content (AvgIpc) is 3.02. The number of hydrogen-bond donors (Lipinski definition) is 2. The Morgan fingerprint density at radius 3 is 2.86 bits per heavy atom. The molecule has 2 aliphatic heterocycles. The lowest BCUT2D eigenvalue weighted by Crippen LogP contribution is -2.53. The highest BCUT2D eigenvalue weighted by Gasteiger charge is 2.39. The Morgan fingerprint density at radius 2 is 2.14 bits per heavy atom. The first-order valence-corrected chi connectivity index (χ1v) is 7.17. The Kier molecular flexibility index (Phi) is 5.50. The quantitative estimate of drug-likeness (QED) is 0.870. The molecule has 2 heterocycles.